The van der Waals surface area contributed by atoms with E-state index in [1.165, 1.54) is 0 Å². The molecule has 0 aliphatic rings. The number of carbonyl (C=O) groups excluding carboxylic acids is 2. The number of Topliss-reactive ketones (excluding diaryl/α,β-unsaturated/α-hetero) is 1. The molecular formula is C27H23NO3. The van der Waals surface area contributed by atoms with Crippen LogP contribution < -0.4 is 0 Å². The summed E-state index contributed by atoms with van der Waals surface area (Å²) in [5.74, 6) is -0.722. The molecule has 0 N–H and O–H groups in total. The van der Waals surface area contributed by atoms with Crippen LogP contribution in [0.15, 0.2) is 84.9 Å². The number of fused-ring (bicyclic) bond motifs is 1. The lowest BCUT2D eigenvalue weighted by molar-refractivity contribution is 0.0279. The second kappa shape index (κ2) is 8.92. The molecule has 4 heteroatoms. The zero-order valence-corrected chi connectivity index (χ0v) is 17.5. The number of ketones is 1. The van der Waals surface area contributed by atoms with Gasteiger partial charge in [0.1, 0.15) is 0 Å². The van der Waals surface area contributed by atoms with Crippen LogP contribution in [0.5, 0.6) is 0 Å². The van der Waals surface area contributed by atoms with Crippen LogP contribution in [0.3, 0.4) is 0 Å². The van der Waals surface area contributed by atoms with Gasteiger partial charge in [-0.15, -0.1) is 0 Å². The van der Waals surface area contributed by atoms with Crippen LogP contribution in [0.1, 0.15) is 39.6 Å². The van der Waals surface area contributed by atoms with Crippen molar-refractivity contribution < 1.29 is 14.3 Å². The van der Waals surface area contributed by atoms with E-state index in [0.717, 1.165) is 11.1 Å². The normalized spacial score (nSPS) is 11.8. The number of pyridine rings is 1. The molecule has 154 valence electrons. The van der Waals surface area contributed by atoms with Crippen LogP contribution in [0.2, 0.25) is 0 Å². The molecule has 0 bridgehead atoms. The van der Waals surface area contributed by atoms with Crippen LogP contribution in [0.25, 0.3) is 22.2 Å². The number of hydrogen-bond donors (Lipinski definition) is 0. The Morgan fingerprint density at radius 3 is 2.26 bits per heavy atom. The zero-order valence-electron chi connectivity index (χ0n) is 17.5. The molecule has 4 nitrogen and oxygen atoms in total. The summed E-state index contributed by atoms with van der Waals surface area (Å²) < 4.78 is 5.72. The summed E-state index contributed by atoms with van der Waals surface area (Å²) in [5.41, 5.74) is 4.26. The molecule has 0 spiro atoms. The number of hydrogen-bond acceptors (Lipinski definition) is 4. The average molecular weight is 409 g/mol. The van der Waals surface area contributed by atoms with E-state index >= 15 is 0 Å². The van der Waals surface area contributed by atoms with Crippen molar-refractivity contribution in [3.05, 3.63) is 102 Å². The number of aryl methyl sites for hydroxylation is 1. The Morgan fingerprint density at radius 1 is 0.903 bits per heavy atom. The standard InChI is InChI=1S/C27H23NO3/c1-3-25(26(29)20-12-8-5-9-13-20)31-27(30)22-17-24(19-10-6-4-7-11-19)28-23-15-14-18(2)16-21(22)23/h4-17,25H,3H2,1-2H3/t25-/m0/s1. The Kier molecular flexibility index (Phi) is 5.89. The summed E-state index contributed by atoms with van der Waals surface area (Å²) in [7, 11) is 0. The number of nitrogens with zero attached hydrogens (tertiary/aromatic N) is 1. The predicted molar refractivity (Wildman–Crippen MR) is 122 cm³/mol. The minimum Gasteiger partial charge on any atom is -0.450 e. The molecule has 3 aromatic carbocycles. The summed E-state index contributed by atoms with van der Waals surface area (Å²) in [6.45, 7) is 3.80. The van der Waals surface area contributed by atoms with E-state index in [-0.39, 0.29) is 5.78 Å². The largest absolute Gasteiger partial charge is 0.450 e. The predicted octanol–water partition coefficient (Wildman–Crippen LogP) is 6.03. The highest BCUT2D eigenvalue weighted by molar-refractivity contribution is 6.07. The number of carbonyl (C=O) groups is 2. The minimum atomic E-state index is -0.844. The Labute approximate surface area is 181 Å². The molecule has 0 aliphatic heterocycles. The molecule has 0 amide bonds. The van der Waals surface area contributed by atoms with Gasteiger partial charge in [0.2, 0.25) is 5.78 Å². The maximum atomic E-state index is 13.3. The van der Waals surface area contributed by atoms with Gasteiger partial charge in [-0.1, -0.05) is 79.2 Å². The van der Waals surface area contributed by atoms with Gasteiger partial charge < -0.3 is 4.74 Å². The van der Waals surface area contributed by atoms with Crippen molar-refractivity contribution in [2.24, 2.45) is 0 Å². The molecule has 31 heavy (non-hydrogen) atoms. The minimum absolute atomic E-state index is 0.200. The fourth-order valence-electron chi connectivity index (χ4n) is 3.57. The molecule has 0 saturated carbocycles. The summed E-state index contributed by atoms with van der Waals surface area (Å²) >= 11 is 0. The second-order valence-electron chi connectivity index (χ2n) is 7.47. The number of ether oxygens (including phenoxy) is 1. The van der Waals surface area contributed by atoms with E-state index in [2.05, 4.69) is 0 Å². The third kappa shape index (κ3) is 4.38. The Bertz CT molecular complexity index is 1230. The highest BCUT2D eigenvalue weighted by Gasteiger charge is 2.25. The first kappa shape index (κ1) is 20.5. The lowest BCUT2D eigenvalue weighted by atomic mass is 10.0. The van der Waals surface area contributed by atoms with Crippen molar-refractivity contribution in [3.63, 3.8) is 0 Å². The van der Waals surface area contributed by atoms with Gasteiger partial charge >= 0.3 is 5.97 Å². The van der Waals surface area contributed by atoms with E-state index in [1.807, 2.05) is 68.4 Å². The van der Waals surface area contributed by atoms with Gasteiger partial charge in [-0.2, -0.15) is 0 Å². The Balaban J connectivity index is 1.74. The number of aromatic nitrogens is 1. The van der Waals surface area contributed by atoms with Gasteiger partial charge in [-0.3, -0.25) is 4.79 Å². The highest BCUT2D eigenvalue weighted by atomic mass is 16.5. The summed E-state index contributed by atoms with van der Waals surface area (Å²) in [4.78, 5) is 30.9. The first-order chi connectivity index (χ1) is 15.1. The third-order valence-corrected chi connectivity index (χ3v) is 5.22. The molecule has 4 rings (SSSR count). The molecule has 0 unspecified atom stereocenters. The van der Waals surface area contributed by atoms with Crippen molar-refractivity contribution in [1.82, 2.24) is 4.98 Å². The topological polar surface area (TPSA) is 56.3 Å². The van der Waals surface area contributed by atoms with Gasteiger partial charge in [0, 0.05) is 16.5 Å². The lowest BCUT2D eigenvalue weighted by Gasteiger charge is -2.17. The molecule has 0 fully saturated rings. The summed E-state index contributed by atoms with van der Waals surface area (Å²) in [6, 6.07) is 26.1. The number of benzene rings is 3. The quantitative estimate of drug-likeness (QED) is 0.288. The van der Waals surface area contributed by atoms with Crippen LogP contribution in [-0.2, 0) is 4.74 Å². The van der Waals surface area contributed by atoms with Crippen LogP contribution in [0.4, 0.5) is 0 Å². The fraction of sp³-hybridized carbons (Fsp3) is 0.148. The van der Waals surface area contributed by atoms with Gasteiger partial charge in [-0.05, 0) is 31.5 Å². The van der Waals surface area contributed by atoms with E-state index in [1.54, 1.807) is 30.3 Å². The molecule has 0 radical (unpaired) electrons. The van der Waals surface area contributed by atoms with Gasteiger partial charge in [0.05, 0.1) is 16.8 Å². The van der Waals surface area contributed by atoms with E-state index in [4.69, 9.17) is 9.72 Å². The molecular weight excluding hydrogens is 386 g/mol. The highest BCUT2D eigenvalue weighted by Crippen LogP contribution is 2.27. The second-order valence-corrected chi connectivity index (χ2v) is 7.47. The van der Waals surface area contributed by atoms with Crippen molar-refractivity contribution in [2.75, 3.05) is 0 Å². The first-order valence-corrected chi connectivity index (χ1v) is 10.3. The van der Waals surface area contributed by atoms with Crippen molar-refractivity contribution in [1.29, 1.82) is 0 Å². The molecule has 0 aliphatic carbocycles. The molecule has 4 aromatic rings. The van der Waals surface area contributed by atoms with Crippen LogP contribution in [0, 0.1) is 6.92 Å². The Morgan fingerprint density at radius 2 is 1.58 bits per heavy atom. The van der Waals surface area contributed by atoms with Crippen LogP contribution in [-0.4, -0.2) is 22.8 Å². The van der Waals surface area contributed by atoms with Gasteiger partial charge in [0.15, 0.2) is 6.10 Å². The number of rotatable bonds is 6. The Hall–Kier alpha value is -3.79. The maximum Gasteiger partial charge on any atom is 0.339 e. The van der Waals surface area contributed by atoms with Crippen molar-refractivity contribution in [3.8, 4) is 11.3 Å². The summed E-state index contributed by atoms with van der Waals surface area (Å²) in [6.07, 6.45) is -0.448. The monoisotopic (exact) mass is 409 g/mol. The van der Waals surface area contributed by atoms with Gasteiger partial charge in [0.25, 0.3) is 0 Å². The zero-order chi connectivity index (χ0) is 21.8. The molecule has 1 aromatic heterocycles. The fourth-order valence-corrected chi connectivity index (χ4v) is 3.57. The van der Waals surface area contributed by atoms with E-state index in [9.17, 15) is 9.59 Å². The maximum absolute atomic E-state index is 13.3. The molecule has 0 saturated heterocycles. The number of esters is 1. The van der Waals surface area contributed by atoms with E-state index < -0.39 is 12.1 Å². The average Bonchev–Trinajstić information content (AvgIpc) is 2.82. The first-order valence-electron chi connectivity index (χ1n) is 10.3. The smallest absolute Gasteiger partial charge is 0.339 e. The lowest BCUT2D eigenvalue weighted by Crippen LogP contribution is -2.27. The van der Waals surface area contributed by atoms with E-state index in [0.29, 0.717) is 34.1 Å². The van der Waals surface area contributed by atoms with Crippen molar-refractivity contribution in [2.45, 2.75) is 26.4 Å². The van der Waals surface area contributed by atoms with Gasteiger partial charge in [-0.25, -0.2) is 9.78 Å². The summed E-state index contributed by atoms with van der Waals surface area (Å²) in [5, 5.41) is 0.715. The molecule has 1 atom stereocenters. The molecule has 1 heterocycles. The van der Waals surface area contributed by atoms with Crippen LogP contribution >= 0.6 is 0 Å². The van der Waals surface area contributed by atoms with Crippen molar-refractivity contribution >= 4 is 22.7 Å². The third-order valence-electron chi connectivity index (χ3n) is 5.22. The SMILES string of the molecule is CC[C@H](OC(=O)c1cc(-c2ccccc2)nc2ccc(C)cc12)C(=O)c1ccccc1.